The normalized spacial score (nSPS) is 11.8. The minimum Gasteiger partial charge on any atom is -0.496 e. The third kappa shape index (κ3) is 4.53. The summed E-state index contributed by atoms with van der Waals surface area (Å²) in [6, 6.07) is 11.8. The van der Waals surface area contributed by atoms with E-state index in [4.69, 9.17) is 9.47 Å². The number of nitrogens with zero attached hydrogens (tertiary/aromatic N) is 1. The van der Waals surface area contributed by atoms with Gasteiger partial charge in [-0.25, -0.2) is 0 Å². The number of rotatable bonds is 6. The van der Waals surface area contributed by atoms with E-state index in [0.29, 0.717) is 6.54 Å². The van der Waals surface area contributed by atoms with Crippen molar-refractivity contribution in [2.24, 2.45) is 0 Å². The third-order valence-corrected chi connectivity index (χ3v) is 4.39. The molecule has 25 heavy (non-hydrogen) atoms. The van der Waals surface area contributed by atoms with Crippen LogP contribution < -0.4 is 9.47 Å². The Morgan fingerprint density at radius 3 is 2.48 bits per heavy atom. The van der Waals surface area contributed by atoms with Crippen molar-refractivity contribution < 1.29 is 14.3 Å². The molecule has 1 amide bonds. The summed E-state index contributed by atoms with van der Waals surface area (Å²) in [5.41, 5.74) is 4.32. The zero-order valence-corrected chi connectivity index (χ0v) is 15.9. The zero-order chi connectivity index (χ0) is 18.6. The first kappa shape index (κ1) is 18.8. The van der Waals surface area contributed by atoms with Gasteiger partial charge in [0.05, 0.1) is 7.11 Å². The second-order valence-corrected chi connectivity index (χ2v) is 6.47. The number of likely N-dealkylation sites (N-methyl/N-ethyl adjacent to an activating group) is 1. The fourth-order valence-corrected chi connectivity index (χ4v) is 2.84. The van der Waals surface area contributed by atoms with E-state index in [0.717, 1.165) is 33.8 Å². The molecule has 0 radical (unpaired) electrons. The molecule has 0 aromatic heterocycles. The number of amides is 1. The molecule has 134 valence electrons. The summed E-state index contributed by atoms with van der Waals surface area (Å²) in [5.74, 6) is 1.48. The maximum Gasteiger partial charge on any atom is 0.263 e. The van der Waals surface area contributed by atoms with Crippen LogP contribution in [0, 0.1) is 20.8 Å². The summed E-state index contributed by atoms with van der Waals surface area (Å²) in [4.78, 5) is 14.4. The topological polar surface area (TPSA) is 38.8 Å². The van der Waals surface area contributed by atoms with Crippen molar-refractivity contribution in [3.8, 4) is 11.5 Å². The van der Waals surface area contributed by atoms with Crippen molar-refractivity contribution in [1.29, 1.82) is 0 Å². The minimum atomic E-state index is -0.556. The van der Waals surface area contributed by atoms with Gasteiger partial charge in [0, 0.05) is 19.2 Å². The fourth-order valence-electron chi connectivity index (χ4n) is 2.84. The maximum absolute atomic E-state index is 12.7. The van der Waals surface area contributed by atoms with Gasteiger partial charge in [-0.2, -0.15) is 0 Å². The average Bonchev–Trinajstić information content (AvgIpc) is 2.58. The van der Waals surface area contributed by atoms with Gasteiger partial charge in [0.2, 0.25) is 0 Å². The van der Waals surface area contributed by atoms with Crippen molar-refractivity contribution >= 4 is 5.91 Å². The van der Waals surface area contributed by atoms with Crippen LogP contribution in [-0.4, -0.2) is 31.1 Å². The monoisotopic (exact) mass is 341 g/mol. The highest BCUT2D eigenvalue weighted by Gasteiger charge is 2.21. The second kappa shape index (κ2) is 8.06. The van der Waals surface area contributed by atoms with Crippen LogP contribution >= 0.6 is 0 Å². The number of para-hydroxylation sites is 1. The molecule has 0 aliphatic heterocycles. The Bertz CT molecular complexity index is 755. The summed E-state index contributed by atoms with van der Waals surface area (Å²) in [7, 11) is 3.41. The number of hydrogen-bond donors (Lipinski definition) is 0. The molecule has 1 unspecified atom stereocenters. The molecule has 2 rings (SSSR count). The average molecular weight is 341 g/mol. The summed E-state index contributed by atoms with van der Waals surface area (Å²) in [6.45, 7) is 8.36. The number of ether oxygens (including phenoxy) is 2. The minimum absolute atomic E-state index is 0.0653. The van der Waals surface area contributed by atoms with Gasteiger partial charge in [0.15, 0.2) is 6.10 Å². The van der Waals surface area contributed by atoms with Crippen molar-refractivity contribution in [2.75, 3.05) is 14.2 Å². The summed E-state index contributed by atoms with van der Waals surface area (Å²) < 4.78 is 11.3. The molecular formula is C21H27NO3. The number of hydrogen-bond acceptors (Lipinski definition) is 3. The highest BCUT2D eigenvalue weighted by molar-refractivity contribution is 5.80. The predicted molar refractivity (Wildman–Crippen MR) is 100 cm³/mol. The van der Waals surface area contributed by atoms with Gasteiger partial charge in [-0.15, -0.1) is 0 Å². The first-order chi connectivity index (χ1) is 11.8. The molecule has 0 saturated carbocycles. The van der Waals surface area contributed by atoms with Gasteiger partial charge in [0.1, 0.15) is 11.5 Å². The molecule has 0 heterocycles. The van der Waals surface area contributed by atoms with Gasteiger partial charge < -0.3 is 14.4 Å². The number of carbonyl (C=O) groups excluding carboxylic acids is 1. The summed E-state index contributed by atoms with van der Waals surface area (Å²) in [6.07, 6.45) is -0.556. The number of methoxy groups -OCH3 is 1. The van der Waals surface area contributed by atoms with E-state index in [1.54, 1.807) is 26.0 Å². The zero-order valence-electron chi connectivity index (χ0n) is 15.9. The molecule has 0 bridgehead atoms. The predicted octanol–water partition coefficient (Wildman–Crippen LogP) is 4.05. The Kier molecular flexibility index (Phi) is 6.07. The highest BCUT2D eigenvalue weighted by Crippen LogP contribution is 2.25. The Labute approximate surface area is 150 Å². The molecule has 2 aromatic carbocycles. The Morgan fingerprint density at radius 2 is 1.80 bits per heavy atom. The molecule has 0 saturated heterocycles. The second-order valence-electron chi connectivity index (χ2n) is 6.47. The van der Waals surface area contributed by atoms with Crippen LogP contribution in [0.3, 0.4) is 0 Å². The first-order valence-electron chi connectivity index (χ1n) is 8.45. The quantitative estimate of drug-likeness (QED) is 0.796. The van der Waals surface area contributed by atoms with Gasteiger partial charge in [-0.05, 0) is 56.5 Å². The van der Waals surface area contributed by atoms with E-state index in [1.165, 1.54) is 0 Å². The lowest BCUT2D eigenvalue weighted by Crippen LogP contribution is -2.37. The van der Waals surface area contributed by atoms with E-state index in [9.17, 15) is 4.79 Å². The van der Waals surface area contributed by atoms with Crippen LogP contribution in [-0.2, 0) is 11.3 Å². The van der Waals surface area contributed by atoms with E-state index in [1.807, 2.05) is 44.2 Å². The molecule has 0 aliphatic carbocycles. The number of aryl methyl sites for hydroxylation is 2. The van der Waals surface area contributed by atoms with Crippen molar-refractivity contribution in [1.82, 2.24) is 4.90 Å². The number of benzene rings is 2. The lowest BCUT2D eigenvalue weighted by atomic mass is 10.1. The smallest absolute Gasteiger partial charge is 0.263 e. The molecule has 4 heteroatoms. The van der Waals surface area contributed by atoms with E-state index < -0.39 is 6.10 Å². The van der Waals surface area contributed by atoms with E-state index in [2.05, 4.69) is 13.0 Å². The SMILES string of the molecule is COc1ccccc1CN(C)C(=O)C(C)Oc1cc(C)cc(C)c1C. The molecule has 4 nitrogen and oxygen atoms in total. The van der Waals surface area contributed by atoms with Crippen LogP contribution in [0.25, 0.3) is 0 Å². The van der Waals surface area contributed by atoms with E-state index >= 15 is 0 Å². The molecule has 0 N–H and O–H groups in total. The molecule has 1 atom stereocenters. The fraction of sp³-hybridized carbons (Fsp3) is 0.381. The Hall–Kier alpha value is -2.49. The highest BCUT2D eigenvalue weighted by atomic mass is 16.5. The van der Waals surface area contributed by atoms with Crippen LogP contribution in [0.5, 0.6) is 11.5 Å². The third-order valence-electron chi connectivity index (χ3n) is 4.39. The molecule has 0 aliphatic rings. The number of carbonyl (C=O) groups is 1. The van der Waals surface area contributed by atoms with Crippen molar-refractivity contribution in [3.63, 3.8) is 0 Å². The lowest BCUT2D eigenvalue weighted by molar-refractivity contribution is -0.137. The molecule has 2 aromatic rings. The Balaban J connectivity index is 2.09. The Morgan fingerprint density at radius 1 is 1.12 bits per heavy atom. The van der Waals surface area contributed by atoms with Crippen molar-refractivity contribution in [2.45, 2.75) is 40.3 Å². The summed E-state index contributed by atoms with van der Waals surface area (Å²) >= 11 is 0. The maximum atomic E-state index is 12.7. The van der Waals surface area contributed by atoms with Gasteiger partial charge in [-0.3, -0.25) is 4.79 Å². The lowest BCUT2D eigenvalue weighted by Gasteiger charge is -2.24. The van der Waals surface area contributed by atoms with Crippen LogP contribution in [0.1, 0.15) is 29.2 Å². The van der Waals surface area contributed by atoms with Gasteiger partial charge in [0.25, 0.3) is 5.91 Å². The van der Waals surface area contributed by atoms with Gasteiger partial charge >= 0.3 is 0 Å². The molecular weight excluding hydrogens is 314 g/mol. The summed E-state index contributed by atoms with van der Waals surface area (Å²) in [5, 5.41) is 0. The standard InChI is InChI=1S/C21H27NO3/c1-14-11-15(2)16(3)20(12-14)25-17(4)21(23)22(5)13-18-9-7-8-10-19(18)24-6/h7-12,17H,13H2,1-6H3. The van der Waals surface area contributed by atoms with Crippen molar-refractivity contribution in [3.05, 3.63) is 58.7 Å². The van der Waals surface area contributed by atoms with Gasteiger partial charge in [-0.1, -0.05) is 24.3 Å². The van der Waals surface area contributed by atoms with Crippen LogP contribution in [0.15, 0.2) is 36.4 Å². The van der Waals surface area contributed by atoms with Crippen LogP contribution in [0.2, 0.25) is 0 Å². The molecule has 0 fully saturated rings. The molecule has 0 spiro atoms. The first-order valence-corrected chi connectivity index (χ1v) is 8.45. The van der Waals surface area contributed by atoms with E-state index in [-0.39, 0.29) is 5.91 Å². The van der Waals surface area contributed by atoms with Crippen LogP contribution in [0.4, 0.5) is 0 Å². The largest absolute Gasteiger partial charge is 0.496 e.